The van der Waals surface area contributed by atoms with Gasteiger partial charge in [-0.3, -0.25) is 4.79 Å². The van der Waals surface area contributed by atoms with E-state index < -0.39 is 10.0 Å². The normalized spacial score (nSPS) is 21.3. The summed E-state index contributed by atoms with van der Waals surface area (Å²) < 4.78 is 39.3. The number of amides is 1. The Labute approximate surface area is 195 Å². The summed E-state index contributed by atoms with van der Waals surface area (Å²) >= 11 is 0. The second-order valence-electron chi connectivity index (χ2n) is 9.04. The number of hydrogen-bond acceptors (Lipinski definition) is 5. The van der Waals surface area contributed by atoms with E-state index in [0.29, 0.717) is 50.6 Å². The molecule has 1 fully saturated rings. The summed E-state index contributed by atoms with van der Waals surface area (Å²) in [7, 11) is -1.77. The van der Waals surface area contributed by atoms with E-state index in [0.717, 1.165) is 19.3 Å². The van der Waals surface area contributed by atoms with Gasteiger partial charge in [-0.2, -0.15) is 4.31 Å². The average Bonchev–Trinajstić information content (AvgIpc) is 3.13. The Morgan fingerprint density at radius 1 is 1.00 bits per heavy atom. The monoisotopic (exact) mass is 470 g/mol. The van der Waals surface area contributed by atoms with Crippen LogP contribution in [0.25, 0.3) is 0 Å². The molecule has 0 radical (unpaired) electrons. The molecule has 0 N–H and O–H groups in total. The third-order valence-corrected chi connectivity index (χ3v) is 8.97. The summed E-state index contributed by atoms with van der Waals surface area (Å²) in [5.41, 5.74) is 2.56. The number of fused-ring (bicyclic) bond motifs is 2. The van der Waals surface area contributed by atoms with Crippen molar-refractivity contribution in [3.05, 3.63) is 53.6 Å². The van der Waals surface area contributed by atoms with Crippen molar-refractivity contribution in [3.8, 4) is 11.5 Å². The van der Waals surface area contributed by atoms with Gasteiger partial charge in [-0.05, 0) is 48.9 Å². The van der Waals surface area contributed by atoms with Crippen molar-refractivity contribution in [1.82, 2.24) is 9.21 Å². The maximum absolute atomic E-state index is 13.3. The van der Waals surface area contributed by atoms with E-state index in [1.165, 1.54) is 15.4 Å². The van der Waals surface area contributed by atoms with Crippen LogP contribution in [-0.4, -0.2) is 56.9 Å². The van der Waals surface area contributed by atoms with Crippen LogP contribution in [0.1, 0.15) is 42.9 Å². The largest absolute Gasteiger partial charge is 0.490 e. The maximum Gasteiger partial charge on any atom is 0.243 e. The predicted octanol–water partition coefficient (Wildman–Crippen LogP) is 3.39. The molecule has 8 heteroatoms. The van der Waals surface area contributed by atoms with Crippen molar-refractivity contribution < 1.29 is 22.7 Å². The fourth-order valence-corrected chi connectivity index (χ4v) is 6.66. The van der Waals surface area contributed by atoms with Crippen LogP contribution in [0, 0.1) is 5.92 Å². The highest BCUT2D eigenvalue weighted by Crippen LogP contribution is 2.37. The molecular formula is C25H30N2O5S. The van der Waals surface area contributed by atoms with Crippen molar-refractivity contribution in [1.29, 1.82) is 0 Å². The minimum atomic E-state index is -3.66. The topological polar surface area (TPSA) is 76.2 Å². The second-order valence-corrected chi connectivity index (χ2v) is 11.0. The average molecular weight is 471 g/mol. The van der Waals surface area contributed by atoms with Crippen molar-refractivity contribution >= 4 is 15.9 Å². The molecule has 7 nitrogen and oxygen atoms in total. The van der Waals surface area contributed by atoms with Crippen LogP contribution in [0.5, 0.6) is 11.5 Å². The summed E-state index contributed by atoms with van der Waals surface area (Å²) in [6, 6.07) is 13.2. The number of piperidine rings is 1. The molecule has 2 aliphatic heterocycles. The Balaban J connectivity index is 1.24. The molecule has 33 heavy (non-hydrogen) atoms. The number of benzene rings is 2. The number of carbonyl (C=O) groups is 1. The molecule has 2 heterocycles. The van der Waals surface area contributed by atoms with E-state index in [-0.39, 0.29) is 22.8 Å². The van der Waals surface area contributed by atoms with Gasteiger partial charge in [0.1, 0.15) is 0 Å². The maximum atomic E-state index is 13.3. The number of ether oxygens (including phenoxy) is 2. The van der Waals surface area contributed by atoms with Crippen LogP contribution in [0.15, 0.2) is 47.4 Å². The van der Waals surface area contributed by atoms with E-state index >= 15 is 0 Å². The lowest BCUT2D eigenvalue weighted by molar-refractivity contribution is -0.137. The fourth-order valence-electron chi connectivity index (χ4n) is 5.17. The van der Waals surface area contributed by atoms with Crippen molar-refractivity contribution in [3.63, 3.8) is 0 Å². The Morgan fingerprint density at radius 2 is 1.73 bits per heavy atom. The lowest BCUT2D eigenvalue weighted by Crippen LogP contribution is -2.44. The molecule has 3 aliphatic rings. The van der Waals surface area contributed by atoms with Gasteiger partial charge in [0.2, 0.25) is 15.9 Å². The Morgan fingerprint density at radius 3 is 2.52 bits per heavy atom. The molecule has 176 valence electrons. The molecular weight excluding hydrogens is 440 g/mol. The number of aryl methyl sites for hydroxylation is 1. The zero-order valence-corrected chi connectivity index (χ0v) is 19.7. The lowest BCUT2D eigenvalue weighted by Gasteiger charge is -2.34. The van der Waals surface area contributed by atoms with Gasteiger partial charge in [0, 0.05) is 38.5 Å². The van der Waals surface area contributed by atoms with Gasteiger partial charge < -0.3 is 14.4 Å². The number of sulfonamides is 1. The summed E-state index contributed by atoms with van der Waals surface area (Å²) in [6.45, 7) is 1.73. The second kappa shape index (κ2) is 8.99. The van der Waals surface area contributed by atoms with Gasteiger partial charge in [-0.1, -0.05) is 24.3 Å². The van der Waals surface area contributed by atoms with Crippen LogP contribution in [0.3, 0.4) is 0 Å². The van der Waals surface area contributed by atoms with Crippen molar-refractivity contribution in [2.75, 3.05) is 33.4 Å². The third kappa shape index (κ3) is 4.22. The van der Waals surface area contributed by atoms with Crippen LogP contribution in [0.4, 0.5) is 0 Å². The zero-order valence-electron chi connectivity index (χ0n) is 18.9. The molecule has 1 atom stereocenters. The predicted molar refractivity (Wildman–Crippen MR) is 124 cm³/mol. The number of hydrogen-bond donors (Lipinski definition) is 0. The molecule has 1 saturated heterocycles. The first-order valence-corrected chi connectivity index (χ1v) is 13.1. The van der Waals surface area contributed by atoms with Crippen molar-refractivity contribution in [2.45, 2.75) is 43.0 Å². The first-order chi connectivity index (χ1) is 15.9. The summed E-state index contributed by atoms with van der Waals surface area (Å²) in [5, 5.41) is 0. The molecule has 0 aromatic heterocycles. The molecule has 0 saturated carbocycles. The molecule has 1 aliphatic carbocycles. The molecule has 0 bridgehead atoms. The van der Waals surface area contributed by atoms with Crippen LogP contribution in [-0.2, 0) is 21.2 Å². The number of carbonyl (C=O) groups excluding carboxylic acids is 1. The highest BCUT2D eigenvalue weighted by molar-refractivity contribution is 7.89. The first-order valence-electron chi connectivity index (χ1n) is 11.7. The standard InChI is InChI=1S/C25H30N2O5S/c1-26(22-9-7-18-5-2-3-6-21(18)22)25(28)19-11-13-27(14-12-19)33(29,30)20-8-10-23-24(17-20)32-16-4-15-31-23/h2-3,5-6,8,10,17,19,22H,4,7,9,11-16H2,1H3/t22-/m0/s1. The Bertz CT molecular complexity index is 1140. The number of rotatable bonds is 4. The third-order valence-electron chi connectivity index (χ3n) is 7.08. The first kappa shape index (κ1) is 22.2. The lowest BCUT2D eigenvalue weighted by atomic mass is 9.95. The van der Waals surface area contributed by atoms with Crippen molar-refractivity contribution in [2.24, 2.45) is 5.92 Å². The van der Waals surface area contributed by atoms with Gasteiger partial charge in [0.05, 0.1) is 24.2 Å². The molecule has 1 amide bonds. The highest BCUT2D eigenvalue weighted by Gasteiger charge is 2.36. The highest BCUT2D eigenvalue weighted by atomic mass is 32.2. The van der Waals surface area contributed by atoms with E-state index in [1.54, 1.807) is 18.2 Å². The SMILES string of the molecule is CN(C(=O)C1CCN(S(=O)(=O)c2ccc3c(c2)OCCCO3)CC1)[C@H]1CCc2ccccc21. The smallest absolute Gasteiger partial charge is 0.243 e. The molecule has 2 aromatic rings. The molecule has 0 unspecified atom stereocenters. The van der Waals surface area contributed by atoms with Gasteiger partial charge in [0.25, 0.3) is 0 Å². The Hall–Kier alpha value is -2.58. The van der Waals surface area contributed by atoms with Gasteiger partial charge >= 0.3 is 0 Å². The molecule has 0 spiro atoms. The minimum absolute atomic E-state index is 0.109. The Kier molecular flexibility index (Phi) is 6.05. The van der Waals surface area contributed by atoms with E-state index in [1.807, 2.05) is 24.1 Å². The quantitative estimate of drug-likeness (QED) is 0.685. The fraction of sp³-hybridized carbons (Fsp3) is 0.480. The zero-order chi connectivity index (χ0) is 23.0. The van der Waals surface area contributed by atoms with E-state index in [4.69, 9.17) is 9.47 Å². The summed E-state index contributed by atoms with van der Waals surface area (Å²) in [6.07, 6.45) is 3.76. The van der Waals surface area contributed by atoms with Gasteiger partial charge in [-0.25, -0.2) is 8.42 Å². The van der Waals surface area contributed by atoms with Gasteiger partial charge in [-0.15, -0.1) is 0 Å². The minimum Gasteiger partial charge on any atom is -0.490 e. The summed E-state index contributed by atoms with van der Waals surface area (Å²) in [5.74, 6) is 1.01. The van der Waals surface area contributed by atoms with E-state index in [2.05, 4.69) is 12.1 Å². The summed E-state index contributed by atoms with van der Waals surface area (Å²) in [4.78, 5) is 15.3. The van der Waals surface area contributed by atoms with Crippen LogP contribution in [0.2, 0.25) is 0 Å². The number of nitrogens with zero attached hydrogens (tertiary/aromatic N) is 2. The van der Waals surface area contributed by atoms with Crippen LogP contribution < -0.4 is 9.47 Å². The van der Waals surface area contributed by atoms with Gasteiger partial charge in [0.15, 0.2) is 11.5 Å². The molecule has 5 rings (SSSR count). The molecule has 2 aromatic carbocycles. The van der Waals surface area contributed by atoms with E-state index in [9.17, 15) is 13.2 Å². The van der Waals surface area contributed by atoms with Crippen LogP contribution >= 0.6 is 0 Å².